The van der Waals surface area contributed by atoms with Gasteiger partial charge in [0.1, 0.15) is 5.75 Å². The second kappa shape index (κ2) is 8.18. The van der Waals surface area contributed by atoms with Crippen molar-refractivity contribution in [2.75, 3.05) is 7.11 Å². The topological polar surface area (TPSA) is 25.0 Å². The van der Waals surface area contributed by atoms with Crippen molar-refractivity contribution in [1.29, 1.82) is 0 Å². The first-order chi connectivity index (χ1) is 13.0. The number of halogens is 1. The normalized spacial score (nSPS) is 14.7. The van der Waals surface area contributed by atoms with Crippen LogP contribution in [0.5, 0.6) is 5.75 Å². The van der Waals surface area contributed by atoms with Gasteiger partial charge in [-0.3, -0.25) is 0 Å². The molecule has 0 aliphatic heterocycles. The molecular formula is C24H26BrNO. The third-order valence-corrected chi connectivity index (χ3v) is 5.86. The molecule has 0 bridgehead atoms. The summed E-state index contributed by atoms with van der Waals surface area (Å²) >= 11 is 3.99. The lowest BCUT2D eigenvalue weighted by molar-refractivity contribution is 0.420. The van der Waals surface area contributed by atoms with E-state index in [0.717, 1.165) is 35.0 Å². The van der Waals surface area contributed by atoms with Crippen LogP contribution in [0.1, 0.15) is 32.3 Å². The van der Waals surface area contributed by atoms with Crippen LogP contribution in [0.4, 0.5) is 0 Å². The average molecular weight is 424 g/mol. The predicted molar refractivity (Wildman–Crippen MR) is 122 cm³/mol. The summed E-state index contributed by atoms with van der Waals surface area (Å²) in [5.41, 5.74) is 4.72. The van der Waals surface area contributed by atoms with Crippen molar-refractivity contribution in [2.24, 2.45) is 0 Å². The quantitative estimate of drug-likeness (QED) is 0.310. The van der Waals surface area contributed by atoms with Gasteiger partial charge in [0.2, 0.25) is 0 Å². The number of hydrogen-bond donors (Lipinski definition) is 1. The van der Waals surface area contributed by atoms with Crippen LogP contribution < -0.4 is 4.74 Å². The van der Waals surface area contributed by atoms with E-state index in [9.17, 15) is 0 Å². The molecule has 3 heteroatoms. The number of benzene rings is 2. The molecule has 1 atom stereocenters. The maximum absolute atomic E-state index is 5.67. The molecule has 0 aliphatic carbocycles. The average Bonchev–Trinajstić information content (AvgIpc) is 3.06. The monoisotopic (exact) mass is 423 g/mol. The van der Waals surface area contributed by atoms with Crippen LogP contribution in [0.2, 0.25) is 0 Å². The first-order valence-corrected chi connectivity index (χ1v) is 10.0. The van der Waals surface area contributed by atoms with Crippen molar-refractivity contribution >= 4 is 43.3 Å². The first kappa shape index (κ1) is 19.5. The zero-order chi connectivity index (χ0) is 19.4. The zero-order valence-corrected chi connectivity index (χ0v) is 17.8. The van der Waals surface area contributed by atoms with Crippen LogP contribution >= 0.6 is 15.9 Å². The highest BCUT2D eigenvalue weighted by Crippen LogP contribution is 2.44. The van der Waals surface area contributed by atoms with Crippen molar-refractivity contribution in [3.63, 3.8) is 0 Å². The Bertz CT molecular complexity index is 1020. The van der Waals surface area contributed by atoms with Gasteiger partial charge in [-0.1, -0.05) is 65.0 Å². The lowest BCUT2D eigenvalue weighted by atomic mass is 9.88. The first-order valence-electron chi connectivity index (χ1n) is 9.24. The van der Waals surface area contributed by atoms with E-state index in [2.05, 4.69) is 89.9 Å². The lowest BCUT2D eigenvalue weighted by Gasteiger charge is -2.27. The van der Waals surface area contributed by atoms with Crippen LogP contribution in [0.15, 0.2) is 67.3 Å². The molecule has 1 heterocycles. The molecule has 0 fully saturated rings. The van der Waals surface area contributed by atoms with Crippen molar-refractivity contribution in [1.82, 2.24) is 4.98 Å². The number of rotatable bonds is 7. The van der Waals surface area contributed by atoms with E-state index >= 15 is 0 Å². The zero-order valence-electron chi connectivity index (χ0n) is 16.2. The molecule has 0 saturated heterocycles. The second-order valence-corrected chi connectivity index (χ2v) is 8.59. The molecule has 0 spiro atoms. The van der Waals surface area contributed by atoms with Gasteiger partial charge in [-0.2, -0.15) is 0 Å². The number of aromatic nitrogens is 1. The number of methoxy groups -OCH3 is 1. The molecule has 3 aromatic rings. The highest BCUT2D eigenvalue weighted by atomic mass is 79.9. The van der Waals surface area contributed by atoms with Gasteiger partial charge in [-0.05, 0) is 50.5 Å². The number of aromatic amines is 1. The Morgan fingerprint density at radius 2 is 2.04 bits per heavy atom. The van der Waals surface area contributed by atoms with E-state index in [-0.39, 0.29) is 4.32 Å². The Morgan fingerprint density at radius 1 is 1.26 bits per heavy atom. The van der Waals surface area contributed by atoms with E-state index < -0.39 is 0 Å². The van der Waals surface area contributed by atoms with Crippen molar-refractivity contribution in [3.05, 3.63) is 72.8 Å². The second-order valence-electron chi connectivity index (χ2n) is 6.84. The highest BCUT2D eigenvalue weighted by Gasteiger charge is 2.28. The Labute approximate surface area is 169 Å². The van der Waals surface area contributed by atoms with Gasteiger partial charge >= 0.3 is 0 Å². The molecule has 0 saturated carbocycles. The molecule has 0 amide bonds. The summed E-state index contributed by atoms with van der Waals surface area (Å²) in [6.07, 6.45) is 10.2. The van der Waals surface area contributed by atoms with Crippen molar-refractivity contribution in [3.8, 4) is 5.75 Å². The maximum atomic E-state index is 5.67. The number of hydrogen-bond acceptors (Lipinski definition) is 1. The summed E-state index contributed by atoms with van der Waals surface area (Å²) in [6, 6.07) is 12.6. The van der Waals surface area contributed by atoms with E-state index in [4.69, 9.17) is 4.74 Å². The summed E-state index contributed by atoms with van der Waals surface area (Å²) in [5.74, 6) is 0.895. The van der Waals surface area contributed by atoms with Crippen LogP contribution in [0.25, 0.3) is 27.4 Å². The fourth-order valence-electron chi connectivity index (χ4n) is 3.74. The van der Waals surface area contributed by atoms with Gasteiger partial charge in [0.25, 0.3) is 0 Å². The van der Waals surface area contributed by atoms with Crippen molar-refractivity contribution in [2.45, 2.75) is 31.0 Å². The molecule has 2 nitrogen and oxygen atoms in total. The number of fused-ring (bicyclic) bond motifs is 3. The van der Waals surface area contributed by atoms with Gasteiger partial charge in [-0.25, -0.2) is 0 Å². The molecule has 1 aromatic heterocycles. The largest absolute Gasteiger partial charge is 0.496 e. The summed E-state index contributed by atoms with van der Waals surface area (Å²) in [5, 5.41) is 2.33. The minimum atomic E-state index is -0.133. The fraction of sp³-hybridized carbons (Fsp3) is 0.250. The molecule has 3 rings (SSSR count). The third-order valence-electron chi connectivity index (χ3n) is 5.04. The summed E-state index contributed by atoms with van der Waals surface area (Å²) < 4.78 is 5.54. The number of H-pyrrole nitrogens is 1. The van der Waals surface area contributed by atoms with E-state index in [1.165, 1.54) is 16.5 Å². The SMILES string of the molecule is C=C/C=C\CCC(C)(Br)/C(=C\C)c1ccc(OC)c2c1[nH]c1ccccc12. The minimum absolute atomic E-state index is 0.133. The fourth-order valence-corrected chi connectivity index (χ4v) is 4.41. The molecule has 0 aliphatic rings. The standard InChI is InChI=1S/C24H26BrNO/c1-5-7-8-11-16-24(3,25)19(6-2)17-14-15-21(27-4)22-18-12-9-10-13-20(18)26-23(17)22/h5-10,12-15,26H,1,11,16H2,2-4H3/b8-7-,19-6-. The van der Waals surface area contributed by atoms with Crippen LogP contribution in [0.3, 0.4) is 0 Å². The van der Waals surface area contributed by atoms with Crippen LogP contribution in [-0.2, 0) is 0 Å². The number of alkyl halides is 1. The van der Waals surface area contributed by atoms with Gasteiger partial charge < -0.3 is 9.72 Å². The van der Waals surface area contributed by atoms with Crippen LogP contribution in [-0.4, -0.2) is 16.4 Å². The molecular weight excluding hydrogens is 398 g/mol. The minimum Gasteiger partial charge on any atom is -0.496 e. The Balaban J connectivity index is 2.15. The molecule has 0 radical (unpaired) electrons. The lowest BCUT2D eigenvalue weighted by Crippen LogP contribution is -2.18. The third kappa shape index (κ3) is 3.74. The smallest absolute Gasteiger partial charge is 0.128 e. The maximum Gasteiger partial charge on any atom is 0.128 e. The van der Waals surface area contributed by atoms with Crippen molar-refractivity contribution < 1.29 is 4.74 Å². The molecule has 1 N–H and O–H groups in total. The number of nitrogens with one attached hydrogen (secondary N) is 1. The number of ether oxygens (including phenoxy) is 1. The summed E-state index contributed by atoms with van der Waals surface area (Å²) in [6.45, 7) is 8.08. The Hall–Kier alpha value is -2.26. The summed E-state index contributed by atoms with van der Waals surface area (Å²) in [4.78, 5) is 3.62. The molecule has 2 aromatic carbocycles. The van der Waals surface area contributed by atoms with Gasteiger partial charge in [0, 0.05) is 26.2 Å². The van der Waals surface area contributed by atoms with E-state index in [0.29, 0.717) is 0 Å². The van der Waals surface area contributed by atoms with Gasteiger partial charge in [0.05, 0.1) is 12.6 Å². The Kier molecular flexibility index (Phi) is 5.91. The Morgan fingerprint density at radius 3 is 2.74 bits per heavy atom. The molecule has 27 heavy (non-hydrogen) atoms. The number of para-hydroxylation sites is 1. The number of allylic oxidation sites excluding steroid dienone is 5. The summed E-state index contributed by atoms with van der Waals surface area (Å²) in [7, 11) is 1.73. The van der Waals surface area contributed by atoms with E-state index in [1.807, 2.05) is 12.2 Å². The van der Waals surface area contributed by atoms with Gasteiger partial charge in [0.15, 0.2) is 0 Å². The highest BCUT2D eigenvalue weighted by molar-refractivity contribution is 9.10. The molecule has 140 valence electrons. The van der Waals surface area contributed by atoms with Crippen LogP contribution in [0, 0.1) is 0 Å². The predicted octanol–water partition coefficient (Wildman–Crippen LogP) is 7.41. The van der Waals surface area contributed by atoms with Gasteiger partial charge in [-0.15, -0.1) is 0 Å². The molecule has 1 unspecified atom stereocenters. The van der Waals surface area contributed by atoms with E-state index in [1.54, 1.807) is 7.11 Å².